The lowest BCUT2D eigenvalue weighted by Gasteiger charge is -1.92. The number of carbonyl (C=O) groups excluding carboxylic acids is 1. The Balaban J connectivity index is 3.41. The molecule has 0 spiro atoms. The molecule has 5 heteroatoms. The Morgan fingerprint density at radius 3 is 2.73 bits per heavy atom. The van der Waals surface area contributed by atoms with Gasteiger partial charge in [0, 0.05) is 6.08 Å². The second-order valence-electron chi connectivity index (χ2n) is 1.53. The van der Waals surface area contributed by atoms with Gasteiger partial charge in [-0.3, -0.25) is 4.79 Å². The van der Waals surface area contributed by atoms with Crippen molar-refractivity contribution < 1.29 is 19.4 Å². The Hall–Kier alpha value is -0.970. The van der Waals surface area contributed by atoms with Crippen LogP contribution in [0.3, 0.4) is 0 Å². The lowest BCUT2D eigenvalue weighted by molar-refractivity contribution is -0.137. The van der Waals surface area contributed by atoms with Gasteiger partial charge in [0.2, 0.25) is 0 Å². The molecule has 0 heterocycles. The number of carboxylic acids is 1. The van der Waals surface area contributed by atoms with Gasteiger partial charge >= 0.3 is 11.9 Å². The maximum absolute atomic E-state index is 10.4. The number of carboxylic acid groups (broad SMARTS) is 1. The molecule has 0 aromatic carbocycles. The molecule has 0 aliphatic carbocycles. The number of rotatable bonds is 4. The lowest BCUT2D eigenvalue weighted by atomic mass is 10.7. The van der Waals surface area contributed by atoms with E-state index in [4.69, 9.17) is 5.11 Å². The highest BCUT2D eigenvalue weighted by molar-refractivity contribution is 8.02. The lowest BCUT2D eigenvalue weighted by Crippen LogP contribution is -2.01. The molecule has 0 atom stereocenters. The molecule has 0 saturated heterocycles. The molecule has 0 saturated carbocycles. The van der Waals surface area contributed by atoms with Gasteiger partial charge in [-0.05, 0) is 5.41 Å². The van der Waals surface area contributed by atoms with Crippen LogP contribution in [-0.4, -0.2) is 29.9 Å². The van der Waals surface area contributed by atoms with Crippen LogP contribution in [0.2, 0.25) is 0 Å². The minimum absolute atomic E-state index is 0.139. The van der Waals surface area contributed by atoms with Gasteiger partial charge in [-0.2, -0.15) is 0 Å². The Labute approximate surface area is 68.2 Å². The highest BCUT2D eigenvalue weighted by Gasteiger charge is 1.96. The van der Waals surface area contributed by atoms with Crippen LogP contribution in [0.15, 0.2) is 11.5 Å². The summed E-state index contributed by atoms with van der Waals surface area (Å²) in [7, 11) is 1.28. The number of thioether (sulfide) groups is 1. The minimum Gasteiger partial charge on any atom is -0.478 e. The Morgan fingerprint density at radius 1 is 1.64 bits per heavy atom. The molecule has 0 aliphatic heterocycles. The van der Waals surface area contributed by atoms with Crippen molar-refractivity contribution in [2.24, 2.45) is 0 Å². The van der Waals surface area contributed by atoms with E-state index >= 15 is 0 Å². The van der Waals surface area contributed by atoms with Gasteiger partial charge in [-0.15, -0.1) is 11.8 Å². The van der Waals surface area contributed by atoms with Crippen LogP contribution in [0.25, 0.3) is 0 Å². The summed E-state index contributed by atoms with van der Waals surface area (Å²) < 4.78 is 4.32. The second kappa shape index (κ2) is 5.79. The summed E-state index contributed by atoms with van der Waals surface area (Å²) in [5, 5.41) is 9.45. The zero-order chi connectivity index (χ0) is 8.69. The van der Waals surface area contributed by atoms with Crippen LogP contribution < -0.4 is 0 Å². The number of ether oxygens (including phenoxy) is 1. The first-order valence-corrected chi connectivity index (χ1v) is 3.79. The number of esters is 1. The Bertz CT molecular complexity index is 175. The maximum Gasteiger partial charge on any atom is 0.328 e. The molecule has 0 aromatic heterocycles. The van der Waals surface area contributed by atoms with E-state index in [1.165, 1.54) is 12.5 Å². The molecule has 0 radical (unpaired) electrons. The molecular formula is C6H8O4S. The molecule has 0 rings (SSSR count). The fraction of sp³-hybridized carbons (Fsp3) is 0.333. The van der Waals surface area contributed by atoms with Crippen molar-refractivity contribution in [1.82, 2.24) is 0 Å². The van der Waals surface area contributed by atoms with Gasteiger partial charge < -0.3 is 9.84 Å². The SMILES string of the molecule is COC(=O)CSC=CC(=O)O. The van der Waals surface area contributed by atoms with E-state index in [9.17, 15) is 9.59 Å². The summed E-state index contributed by atoms with van der Waals surface area (Å²) in [5.74, 6) is -1.26. The fourth-order valence-electron chi connectivity index (χ4n) is 0.281. The van der Waals surface area contributed by atoms with Gasteiger partial charge in [0.15, 0.2) is 0 Å². The number of methoxy groups -OCH3 is 1. The van der Waals surface area contributed by atoms with Crippen LogP contribution in [0.4, 0.5) is 0 Å². The van der Waals surface area contributed by atoms with Gasteiger partial charge in [-0.1, -0.05) is 0 Å². The smallest absolute Gasteiger partial charge is 0.328 e. The summed E-state index contributed by atoms with van der Waals surface area (Å²) in [6.45, 7) is 0. The van der Waals surface area contributed by atoms with Gasteiger partial charge in [0.1, 0.15) is 0 Å². The first-order valence-electron chi connectivity index (χ1n) is 2.74. The molecule has 0 fully saturated rings. The number of hydrogen-bond acceptors (Lipinski definition) is 4. The normalized spacial score (nSPS) is 9.91. The van der Waals surface area contributed by atoms with Crippen molar-refractivity contribution in [2.75, 3.05) is 12.9 Å². The van der Waals surface area contributed by atoms with Crippen molar-refractivity contribution >= 4 is 23.7 Å². The van der Waals surface area contributed by atoms with Crippen molar-refractivity contribution in [3.05, 3.63) is 11.5 Å². The first kappa shape index (κ1) is 10.0. The number of carbonyl (C=O) groups is 2. The first-order chi connectivity index (χ1) is 5.16. The standard InChI is InChI=1S/C6H8O4S/c1-10-6(9)4-11-3-2-5(7)8/h2-3H,4H2,1H3,(H,7,8). The highest BCUT2D eigenvalue weighted by atomic mass is 32.2. The Kier molecular flexibility index (Phi) is 5.28. The highest BCUT2D eigenvalue weighted by Crippen LogP contribution is 2.01. The minimum atomic E-state index is -1.03. The van der Waals surface area contributed by atoms with E-state index < -0.39 is 5.97 Å². The third kappa shape index (κ3) is 6.92. The zero-order valence-electron chi connectivity index (χ0n) is 5.94. The van der Waals surface area contributed by atoms with E-state index in [0.717, 1.165) is 17.8 Å². The van der Waals surface area contributed by atoms with Crippen LogP contribution in [0.5, 0.6) is 0 Å². The largest absolute Gasteiger partial charge is 0.478 e. The summed E-state index contributed by atoms with van der Waals surface area (Å²) in [6, 6.07) is 0. The van der Waals surface area contributed by atoms with Crippen LogP contribution in [-0.2, 0) is 14.3 Å². The average molecular weight is 176 g/mol. The second-order valence-corrected chi connectivity index (χ2v) is 2.42. The van der Waals surface area contributed by atoms with Gasteiger partial charge in [-0.25, -0.2) is 4.79 Å². The molecule has 11 heavy (non-hydrogen) atoms. The van der Waals surface area contributed by atoms with E-state index in [1.54, 1.807) is 0 Å². The van der Waals surface area contributed by atoms with Crippen LogP contribution in [0, 0.1) is 0 Å². The molecular weight excluding hydrogens is 168 g/mol. The molecule has 4 nitrogen and oxygen atoms in total. The topological polar surface area (TPSA) is 63.6 Å². The van der Waals surface area contributed by atoms with E-state index in [1.807, 2.05) is 0 Å². The molecule has 0 amide bonds. The van der Waals surface area contributed by atoms with Crippen molar-refractivity contribution in [2.45, 2.75) is 0 Å². The van der Waals surface area contributed by atoms with Crippen LogP contribution >= 0.6 is 11.8 Å². The van der Waals surface area contributed by atoms with Crippen LogP contribution in [0.1, 0.15) is 0 Å². The van der Waals surface area contributed by atoms with Gasteiger partial charge in [0.05, 0.1) is 12.9 Å². The van der Waals surface area contributed by atoms with E-state index in [-0.39, 0.29) is 11.7 Å². The van der Waals surface area contributed by atoms with Crippen molar-refractivity contribution in [3.63, 3.8) is 0 Å². The summed E-state index contributed by atoms with van der Waals surface area (Å²) in [5.41, 5.74) is 0. The molecule has 0 unspecified atom stereocenters. The zero-order valence-corrected chi connectivity index (χ0v) is 6.76. The van der Waals surface area contributed by atoms with E-state index in [0.29, 0.717) is 0 Å². The predicted molar refractivity (Wildman–Crippen MR) is 41.2 cm³/mol. The van der Waals surface area contributed by atoms with Crippen molar-refractivity contribution in [1.29, 1.82) is 0 Å². The maximum atomic E-state index is 10.4. The van der Waals surface area contributed by atoms with E-state index in [2.05, 4.69) is 4.74 Å². The third-order valence-corrected chi connectivity index (χ3v) is 1.47. The van der Waals surface area contributed by atoms with Gasteiger partial charge in [0.25, 0.3) is 0 Å². The fourth-order valence-corrected chi connectivity index (χ4v) is 0.844. The predicted octanol–water partition coefficient (Wildman–Crippen LogP) is 0.491. The molecule has 0 aromatic rings. The van der Waals surface area contributed by atoms with Crippen molar-refractivity contribution in [3.8, 4) is 0 Å². The number of hydrogen-bond donors (Lipinski definition) is 1. The third-order valence-electron chi connectivity index (χ3n) is 0.736. The number of aliphatic carboxylic acids is 1. The molecule has 0 bridgehead atoms. The summed E-state index contributed by atoms with van der Waals surface area (Å²) in [4.78, 5) is 20.3. The Morgan fingerprint density at radius 2 is 2.27 bits per heavy atom. The summed E-state index contributed by atoms with van der Waals surface area (Å²) >= 11 is 1.08. The summed E-state index contributed by atoms with van der Waals surface area (Å²) in [6.07, 6.45) is 0.966. The molecule has 62 valence electrons. The molecule has 1 N–H and O–H groups in total. The molecule has 0 aliphatic rings. The average Bonchev–Trinajstić information content (AvgIpc) is 1.97. The quantitative estimate of drug-likeness (QED) is 0.499. The monoisotopic (exact) mass is 176 g/mol.